The molecule has 0 aliphatic heterocycles. The third-order valence-corrected chi connectivity index (χ3v) is 6.82. The number of sulfonamides is 1. The fourth-order valence-electron chi connectivity index (χ4n) is 2.72. The fourth-order valence-corrected chi connectivity index (χ4v) is 4.78. The summed E-state index contributed by atoms with van der Waals surface area (Å²) < 4.78 is 38.0. The van der Waals surface area contributed by atoms with Crippen molar-refractivity contribution >= 4 is 44.9 Å². The predicted octanol–water partition coefficient (Wildman–Crippen LogP) is 4.68. The van der Waals surface area contributed by atoms with Gasteiger partial charge < -0.3 is 9.26 Å². The molecule has 32 heavy (non-hydrogen) atoms. The molecule has 0 saturated heterocycles. The number of halogens is 2. The molecule has 1 heterocycles. The van der Waals surface area contributed by atoms with Gasteiger partial charge in [0.15, 0.2) is 12.4 Å². The number of hydrogen-bond acceptors (Lipinski definition) is 7. The van der Waals surface area contributed by atoms with Crippen LogP contribution in [-0.4, -0.2) is 31.1 Å². The molecular weight excluding hydrogens is 477 g/mol. The van der Waals surface area contributed by atoms with Gasteiger partial charge in [0.1, 0.15) is 4.90 Å². The maximum absolute atomic E-state index is 13.4. The molecule has 11 heteroatoms. The van der Waals surface area contributed by atoms with Crippen molar-refractivity contribution in [2.75, 3.05) is 10.8 Å². The highest BCUT2D eigenvalue weighted by Crippen LogP contribution is 2.30. The third-order valence-electron chi connectivity index (χ3n) is 4.30. The van der Waals surface area contributed by atoms with E-state index in [9.17, 15) is 13.2 Å². The van der Waals surface area contributed by atoms with E-state index in [-0.39, 0.29) is 34.5 Å². The molecule has 0 radical (unpaired) electrons. The number of hydrogen-bond donors (Lipinski definition) is 0. The third kappa shape index (κ3) is 5.29. The van der Waals surface area contributed by atoms with Crippen LogP contribution in [0.25, 0.3) is 0 Å². The Morgan fingerprint density at radius 3 is 2.56 bits per heavy atom. The Bertz CT molecular complexity index is 1230. The van der Waals surface area contributed by atoms with E-state index in [2.05, 4.69) is 16.7 Å². The summed E-state index contributed by atoms with van der Waals surface area (Å²) in [5.74, 6) is -0.145. The maximum Gasteiger partial charge on any atom is 0.338 e. The van der Waals surface area contributed by atoms with Crippen molar-refractivity contribution in [2.45, 2.75) is 24.8 Å². The van der Waals surface area contributed by atoms with Gasteiger partial charge in [0.25, 0.3) is 15.9 Å². The summed E-state index contributed by atoms with van der Waals surface area (Å²) in [5.41, 5.74) is 0.360. The molecular formula is C21H19Cl2N3O5S. The fraction of sp³-hybridized carbons (Fsp3) is 0.190. The van der Waals surface area contributed by atoms with Crippen molar-refractivity contribution in [3.63, 3.8) is 0 Å². The lowest BCUT2D eigenvalue weighted by atomic mass is 10.2. The van der Waals surface area contributed by atoms with Gasteiger partial charge in [-0.2, -0.15) is 4.98 Å². The molecule has 0 atom stereocenters. The molecule has 168 valence electrons. The first kappa shape index (κ1) is 23.8. The number of rotatable bonds is 9. The Hall–Kier alpha value is -2.88. The largest absolute Gasteiger partial charge is 0.452 e. The number of anilines is 1. The van der Waals surface area contributed by atoms with E-state index >= 15 is 0 Å². The summed E-state index contributed by atoms with van der Waals surface area (Å²) in [5, 5.41) is 4.13. The van der Waals surface area contributed by atoms with Crippen LogP contribution in [0.2, 0.25) is 10.0 Å². The zero-order chi connectivity index (χ0) is 23.3. The molecule has 0 spiro atoms. The van der Waals surface area contributed by atoms with Crippen molar-refractivity contribution in [1.82, 2.24) is 10.1 Å². The quantitative estimate of drug-likeness (QED) is 0.313. The van der Waals surface area contributed by atoms with Crippen molar-refractivity contribution < 1.29 is 22.5 Å². The highest BCUT2D eigenvalue weighted by molar-refractivity contribution is 7.93. The number of ether oxygens (including phenoxy) is 1. The maximum atomic E-state index is 13.4. The highest BCUT2D eigenvalue weighted by atomic mass is 35.5. The number of aromatic nitrogens is 2. The highest BCUT2D eigenvalue weighted by Gasteiger charge is 2.28. The minimum atomic E-state index is -4.14. The minimum Gasteiger partial charge on any atom is -0.452 e. The first-order valence-electron chi connectivity index (χ1n) is 9.43. The minimum absolute atomic E-state index is 0.00198. The predicted molar refractivity (Wildman–Crippen MR) is 120 cm³/mol. The standard InChI is InChI=1S/C21H19Cl2N3O5S/c1-3-11-26(16-8-6-15(22)7-9-16)32(28,29)18-12-14(5-10-17(18)23)21(27)30-13-20-24-19(4-2)25-31-20/h3,5-10,12H,1,4,11,13H2,2H3. The lowest BCUT2D eigenvalue weighted by molar-refractivity contribution is 0.0429. The van der Waals surface area contributed by atoms with E-state index in [1.807, 2.05) is 6.92 Å². The SMILES string of the molecule is C=CCN(c1ccc(Cl)cc1)S(=O)(=O)c1cc(C(=O)OCc2nc(CC)no2)ccc1Cl. The lowest BCUT2D eigenvalue weighted by Crippen LogP contribution is -2.31. The average Bonchev–Trinajstić information content (AvgIpc) is 3.25. The second kappa shape index (κ2) is 10.2. The molecule has 0 aliphatic carbocycles. The van der Waals surface area contributed by atoms with E-state index < -0.39 is 16.0 Å². The van der Waals surface area contributed by atoms with Crippen molar-refractivity contribution in [1.29, 1.82) is 0 Å². The van der Waals surface area contributed by atoms with Gasteiger partial charge in [-0.3, -0.25) is 4.31 Å². The van der Waals surface area contributed by atoms with E-state index in [1.54, 1.807) is 24.3 Å². The van der Waals surface area contributed by atoms with E-state index in [4.69, 9.17) is 32.5 Å². The molecule has 3 rings (SSSR count). The average molecular weight is 496 g/mol. The van der Waals surface area contributed by atoms with Gasteiger partial charge in [-0.25, -0.2) is 13.2 Å². The van der Waals surface area contributed by atoms with Crippen LogP contribution in [0.5, 0.6) is 0 Å². The van der Waals surface area contributed by atoms with Gasteiger partial charge in [-0.15, -0.1) is 6.58 Å². The second-order valence-corrected chi connectivity index (χ2v) is 9.15. The van der Waals surface area contributed by atoms with E-state index in [1.165, 1.54) is 18.2 Å². The molecule has 1 aromatic heterocycles. The molecule has 3 aromatic rings. The van der Waals surface area contributed by atoms with Crippen LogP contribution in [0.15, 0.2) is 64.5 Å². The van der Waals surface area contributed by atoms with E-state index in [0.29, 0.717) is 23.0 Å². The summed E-state index contributed by atoms with van der Waals surface area (Å²) in [7, 11) is -4.14. The van der Waals surface area contributed by atoms with Gasteiger partial charge in [-0.05, 0) is 42.5 Å². The smallest absolute Gasteiger partial charge is 0.338 e. The van der Waals surface area contributed by atoms with Crippen LogP contribution in [0, 0.1) is 0 Å². The Kier molecular flexibility index (Phi) is 7.55. The first-order valence-corrected chi connectivity index (χ1v) is 11.6. The van der Waals surface area contributed by atoms with Crippen molar-refractivity contribution in [3.8, 4) is 0 Å². The first-order chi connectivity index (χ1) is 15.3. The molecule has 0 unspecified atom stereocenters. The molecule has 0 amide bonds. The molecule has 8 nitrogen and oxygen atoms in total. The van der Waals surface area contributed by atoms with Gasteiger partial charge in [0, 0.05) is 11.4 Å². The van der Waals surface area contributed by atoms with Crippen molar-refractivity contribution in [3.05, 3.63) is 82.4 Å². The molecule has 0 aliphatic rings. The number of benzene rings is 2. The molecule has 0 fully saturated rings. The summed E-state index contributed by atoms with van der Waals surface area (Å²) in [6, 6.07) is 10.1. The van der Waals surface area contributed by atoms with Crippen LogP contribution in [0.4, 0.5) is 5.69 Å². The van der Waals surface area contributed by atoms with Crippen LogP contribution >= 0.6 is 23.2 Å². The number of carbonyl (C=O) groups excluding carboxylic acids is 1. The Balaban J connectivity index is 1.89. The van der Waals surface area contributed by atoms with Crippen LogP contribution in [0.1, 0.15) is 29.0 Å². The lowest BCUT2D eigenvalue weighted by Gasteiger charge is -2.24. The Labute approximate surface area is 195 Å². The molecule has 2 aromatic carbocycles. The second-order valence-electron chi connectivity index (χ2n) is 6.48. The zero-order valence-electron chi connectivity index (χ0n) is 17.0. The summed E-state index contributed by atoms with van der Waals surface area (Å²) in [4.78, 5) is 16.3. The number of aryl methyl sites for hydroxylation is 1. The van der Waals surface area contributed by atoms with Crippen LogP contribution < -0.4 is 4.31 Å². The number of esters is 1. The zero-order valence-corrected chi connectivity index (χ0v) is 19.3. The van der Waals surface area contributed by atoms with Gasteiger partial charge >= 0.3 is 5.97 Å². The summed E-state index contributed by atoms with van der Waals surface area (Å²) >= 11 is 12.1. The van der Waals surface area contributed by atoms with Crippen molar-refractivity contribution in [2.24, 2.45) is 0 Å². The Morgan fingerprint density at radius 2 is 1.94 bits per heavy atom. The van der Waals surface area contributed by atoms with Gasteiger partial charge in [0.2, 0.25) is 0 Å². The molecule has 0 bridgehead atoms. The summed E-state index contributed by atoms with van der Waals surface area (Å²) in [6.45, 7) is 5.21. The van der Waals surface area contributed by atoms with E-state index in [0.717, 1.165) is 10.4 Å². The monoisotopic (exact) mass is 495 g/mol. The van der Waals surface area contributed by atoms with Crippen LogP contribution in [0.3, 0.4) is 0 Å². The molecule has 0 saturated carbocycles. The Morgan fingerprint density at radius 1 is 1.22 bits per heavy atom. The topological polar surface area (TPSA) is 103 Å². The number of nitrogens with zero attached hydrogens (tertiary/aromatic N) is 3. The normalized spacial score (nSPS) is 11.2. The molecule has 0 N–H and O–H groups in total. The number of carbonyl (C=O) groups is 1. The van der Waals surface area contributed by atoms with Gasteiger partial charge in [0.05, 0.1) is 22.8 Å². The van der Waals surface area contributed by atoms with Gasteiger partial charge in [-0.1, -0.05) is 41.4 Å². The van der Waals surface area contributed by atoms with Crippen LogP contribution in [-0.2, 0) is 27.8 Å². The summed E-state index contributed by atoms with van der Waals surface area (Å²) in [6.07, 6.45) is 2.01.